The highest BCUT2D eigenvalue weighted by Gasteiger charge is 2.55. The third-order valence-corrected chi connectivity index (χ3v) is 14.5. The molecular formula is C53H97O18P. The molecule has 422 valence electrons. The van der Waals surface area contributed by atoms with E-state index in [0.29, 0.717) is 6.42 Å². The van der Waals surface area contributed by atoms with Crippen molar-refractivity contribution in [1.82, 2.24) is 0 Å². The molecule has 1 aliphatic heterocycles. The predicted molar refractivity (Wildman–Crippen MR) is 272 cm³/mol. The molecule has 0 amide bonds. The third-order valence-electron chi connectivity index (χ3n) is 13.5. The first-order chi connectivity index (χ1) is 34.7. The Morgan fingerprint density at radius 1 is 0.556 bits per heavy atom. The van der Waals surface area contributed by atoms with Crippen LogP contribution >= 0.6 is 7.82 Å². The standard InChI is InChI=1S/C53H97O18P/c1-3-5-7-9-11-13-15-17-19-20-22-24-26-28-30-32-34-36-43(56)68-40(38-66-42(55)35-33-31-29-27-25-23-21-18-16-14-12-10-8-6-4-2)39-67-72(64,65)71-52-49(62)47(60)46(59)48(61)51(52)70-53-50(63)45(58)44(57)41(37-54)69-53/h29,31,33,35,40-41,44-54,57-63H,3-28,30,32,34,36-39H2,1-2H3,(H,64,65)/b31-29+,35-33+. The van der Waals surface area contributed by atoms with E-state index in [1.165, 1.54) is 147 Å². The Morgan fingerprint density at radius 2 is 1.00 bits per heavy atom. The number of carbonyl (C=O) groups excluding carboxylic acids is 2. The second-order valence-corrected chi connectivity index (χ2v) is 21.3. The normalized spacial score (nSPS) is 27.1. The maximum absolute atomic E-state index is 13.4. The Labute approximate surface area is 430 Å². The topological polar surface area (TPSA) is 289 Å². The van der Waals surface area contributed by atoms with E-state index in [0.717, 1.165) is 44.9 Å². The molecular weight excluding hydrogens is 956 g/mol. The van der Waals surface area contributed by atoms with Crippen LogP contribution in [0.15, 0.2) is 24.3 Å². The molecule has 72 heavy (non-hydrogen) atoms. The Balaban J connectivity index is 1.93. The predicted octanol–water partition coefficient (Wildman–Crippen LogP) is 7.44. The van der Waals surface area contributed by atoms with Gasteiger partial charge in [-0.15, -0.1) is 0 Å². The Bertz CT molecular complexity index is 1480. The van der Waals surface area contributed by atoms with Crippen LogP contribution in [0.5, 0.6) is 0 Å². The lowest BCUT2D eigenvalue weighted by atomic mass is 9.84. The molecule has 2 fully saturated rings. The van der Waals surface area contributed by atoms with Crippen molar-refractivity contribution >= 4 is 19.8 Å². The van der Waals surface area contributed by atoms with Gasteiger partial charge in [0.25, 0.3) is 0 Å². The van der Waals surface area contributed by atoms with E-state index < -0.39 is 113 Å². The summed E-state index contributed by atoms with van der Waals surface area (Å²) in [4.78, 5) is 36.5. The van der Waals surface area contributed by atoms with Crippen LogP contribution in [0, 0.1) is 0 Å². The molecule has 1 saturated carbocycles. The number of phosphoric ester groups is 1. The van der Waals surface area contributed by atoms with Crippen molar-refractivity contribution in [3.05, 3.63) is 24.3 Å². The van der Waals surface area contributed by atoms with Crippen molar-refractivity contribution < 1.29 is 87.9 Å². The van der Waals surface area contributed by atoms with E-state index in [1.807, 2.05) is 6.08 Å². The summed E-state index contributed by atoms with van der Waals surface area (Å²) in [5, 5.41) is 83.1. The number of unbranched alkanes of at least 4 members (excludes halogenated alkanes) is 27. The van der Waals surface area contributed by atoms with Gasteiger partial charge in [0.15, 0.2) is 12.4 Å². The zero-order valence-corrected chi connectivity index (χ0v) is 44.6. The fourth-order valence-corrected chi connectivity index (χ4v) is 9.94. The van der Waals surface area contributed by atoms with Gasteiger partial charge in [-0.1, -0.05) is 199 Å². The van der Waals surface area contributed by atoms with Crippen molar-refractivity contribution in [2.75, 3.05) is 19.8 Å². The van der Waals surface area contributed by atoms with Crippen molar-refractivity contribution in [1.29, 1.82) is 0 Å². The fraction of sp³-hybridized carbons (Fsp3) is 0.887. The van der Waals surface area contributed by atoms with Gasteiger partial charge in [-0.05, 0) is 19.3 Å². The zero-order chi connectivity index (χ0) is 53.0. The lowest BCUT2D eigenvalue weighted by Gasteiger charge is -2.47. The van der Waals surface area contributed by atoms with Crippen molar-refractivity contribution in [3.8, 4) is 0 Å². The smallest absolute Gasteiger partial charge is 0.458 e. The molecule has 0 aromatic heterocycles. The van der Waals surface area contributed by atoms with E-state index in [1.54, 1.807) is 6.08 Å². The van der Waals surface area contributed by atoms with Crippen LogP contribution in [0.4, 0.5) is 0 Å². The summed E-state index contributed by atoms with van der Waals surface area (Å²) in [7, 11) is -5.40. The molecule has 0 aromatic carbocycles. The van der Waals surface area contributed by atoms with E-state index in [9.17, 15) is 59.9 Å². The minimum atomic E-state index is -5.40. The molecule has 0 spiro atoms. The summed E-state index contributed by atoms with van der Waals surface area (Å²) in [6.07, 6.45) is 17.4. The number of carbonyl (C=O) groups is 2. The number of aliphatic hydroxyl groups excluding tert-OH is 8. The molecule has 2 aliphatic rings. The fourth-order valence-electron chi connectivity index (χ4n) is 8.97. The van der Waals surface area contributed by atoms with Gasteiger partial charge in [-0.2, -0.15) is 0 Å². The lowest BCUT2D eigenvalue weighted by Crippen LogP contribution is -2.67. The molecule has 1 heterocycles. The number of allylic oxidation sites excluding steroid dienone is 3. The Hall–Kier alpha value is -1.87. The van der Waals surface area contributed by atoms with Gasteiger partial charge >= 0.3 is 19.8 Å². The Kier molecular flexibility index (Phi) is 37.2. The number of hydrogen-bond donors (Lipinski definition) is 9. The monoisotopic (exact) mass is 1050 g/mol. The summed E-state index contributed by atoms with van der Waals surface area (Å²) in [5.41, 5.74) is 0. The summed E-state index contributed by atoms with van der Waals surface area (Å²) in [6, 6.07) is 0. The molecule has 18 nitrogen and oxygen atoms in total. The lowest BCUT2D eigenvalue weighted by molar-refractivity contribution is -0.338. The average Bonchev–Trinajstić information content (AvgIpc) is 3.36. The highest BCUT2D eigenvalue weighted by Crippen LogP contribution is 2.48. The maximum atomic E-state index is 13.4. The molecule has 9 N–H and O–H groups in total. The number of ether oxygens (including phenoxy) is 4. The zero-order valence-electron chi connectivity index (χ0n) is 43.7. The van der Waals surface area contributed by atoms with Gasteiger partial charge in [0, 0.05) is 12.5 Å². The summed E-state index contributed by atoms with van der Waals surface area (Å²) < 4.78 is 45.4. The molecule has 0 radical (unpaired) electrons. The van der Waals surface area contributed by atoms with Crippen LogP contribution < -0.4 is 0 Å². The molecule has 19 heteroatoms. The number of aliphatic hydroxyl groups is 8. The molecule has 1 saturated heterocycles. The third kappa shape index (κ3) is 28.3. The maximum Gasteiger partial charge on any atom is 0.472 e. The number of rotatable bonds is 43. The quantitative estimate of drug-likeness (QED) is 0.00942. The first-order valence-electron chi connectivity index (χ1n) is 27.7. The summed E-state index contributed by atoms with van der Waals surface area (Å²) in [6.45, 7) is 2.15. The summed E-state index contributed by atoms with van der Waals surface area (Å²) in [5.74, 6) is -1.46. The molecule has 13 atom stereocenters. The highest BCUT2D eigenvalue weighted by molar-refractivity contribution is 7.47. The van der Waals surface area contributed by atoms with Crippen LogP contribution in [0.2, 0.25) is 0 Å². The second kappa shape index (κ2) is 40.4. The van der Waals surface area contributed by atoms with Gasteiger partial charge < -0.3 is 64.7 Å². The number of hydrogen-bond acceptors (Lipinski definition) is 17. The van der Waals surface area contributed by atoms with Crippen molar-refractivity contribution in [2.45, 2.75) is 280 Å². The SMILES string of the molecule is CCCCCCCCCCCCC/C=C/C=C/C(=O)OCC(COP(=O)(O)OC1C(O)C(O)C(O)C(O)C1OC1OC(CO)C(O)C(O)C1O)OC(=O)CCCCCCCCCCCCCCCCCCC. The first kappa shape index (κ1) is 66.2. The van der Waals surface area contributed by atoms with Crippen molar-refractivity contribution in [2.24, 2.45) is 0 Å². The molecule has 13 unspecified atom stereocenters. The van der Waals surface area contributed by atoms with E-state index in [4.69, 9.17) is 28.0 Å². The van der Waals surface area contributed by atoms with Crippen LogP contribution in [0.25, 0.3) is 0 Å². The molecule has 1 aliphatic carbocycles. The van der Waals surface area contributed by atoms with Gasteiger partial charge in [-0.25, -0.2) is 9.36 Å². The highest BCUT2D eigenvalue weighted by atomic mass is 31.2. The van der Waals surface area contributed by atoms with Crippen LogP contribution in [0.3, 0.4) is 0 Å². The largest absolute Gasteiger partial charge is 0.472 e. The molecule has 0 aromatic rings. The van der Waals surface area contributed by atoms with Crippen molar-refractivity contribution in [3.63, 3.8) is 0 Å². The molecule has 2 rings (SSSR count). The van der Waals surface area contributed by atoms with Gasteiger partial charge in [0.05, 0.1) is 13.2 Å². The van der Waals surface area contributed by atoms with Gasteiger partial charge in [-0.3, -0.25) is 13.8 Å². The second-order valence-electron chi connectivity index (χ2n) is 19.9. The van der Waals surface area contributed by atoms with E-state index in [-0.39, 0.29) is 6.42 Å². The molecule has 0 bridgehead atoms. The summed E-state index contributed by atoms with van der Waals surface area (Å²) >= 11 is 0. The minimum Gasteiger partial charge on any atom is -0.458 e. The van der Waals surface area contributed by atoms with E-state index in [2.05, 4.69) is 13.8 Å². The Morgan fingerprint density at radius 3 is 1.49 bits per heavy atom. The van der Waals surface area contributed by atoms with Gasteiger partial charge in [0.1, 0.15) is 67.6 Å². The van der Waals surface area contributed by atoms with Gasteiger partial charge in [0.2, 0.25) is 0 Å². The first-order valence-corrected chi connectivity index (χ1v) is 29.2. The number of esters is 2. The van der Waals surface area contributed by atoms with Crippen LogP contribution in [-0.4, -0.2) is 151 Å². The number of phosphoric acid groups is 1. The van der Waals surface area contributed by atoms with E-state index >= 15 is 0 Å². The van der Waals surface area contributed by atoms with Crippen LogP contribution in [-0.2, 0) is 42.1 Å². The minimum absolute atomic E-state index is 0.0174. The average molecular weight is 1050 g/mol. The van der Waals surface area contributed by atoms with Crippen LogP contribution in [0.1, 0.15) is 206 Å².